The summed E-state index contributed by atoms with van der Waals surface area (Å²) in [6, 6.07) is 15.1. The van der Waals surface area contributed by atoms with Crippen LogP contribution in [0.25, 0.3) is 21.2 Å². The number of carbonyl (C=O) groups excluding carboxylic acids is 3. The number of likely N-dealkylation sites (tertiary alicyclic amines) is 1. The van der Waals surface area contributed by atoms with Crippen LogP contribution in [0.1, 0.15) is 55.5 Å². The molecular formula is C36H43N5O3S. The molecule has 0 unspecified atom stereocenters. The molecule has 45 heavy (non-hydrogen) atoms. The molecule has 3 aromatic rings. The van der Waals surface area contributed by atoms with Gasteiger partial charge in [-0.2, -0.15) is 0 Å². The van der Waals surface area contributed by atoms with Crippen molar-refractivity contribution in [1.29, 1.82) is 0 Å². The Bertz CT molecular complexity index is 1680. The Balaban J connectivity index is 1.13. The highest BCUT2D eigenvalue weighted by Gasteiger charge is 2.50. The monoisotopic (exact) mass is 625 g/mol. The molecule has 4 aliphatic rings. The van der Waals surface area contributed by atoms with E-state index in [1.165, 1.54) is 26.1 Å². The smallest absolute Gasteiger partial charge is 0.256 e. The van der Waals surface area contributed by atoms with Gasteiger partial charge in [0.15, 0.2) is 0 Å². The third-order valence-electron chi connectivity index (χ3n) is 10.2. The highest BCUT2D eigenvalue weighted by molar-refractivity contribution is 7.19. The zero-order chi connectivity index (χ0) is 31.5. The zero-order valence-corrected chi connectivity index (χ0v) is 27.7. The summed E-state index contributed by atoms with van der Waals surface area (Å²) in [7, 11) is 0. The van der Waals surface area contributed by atoms with Crippen LogP contribution in [0.2, 0.25) is 0 Å². The fourth-order valence-electron chi connectivity index (χ4n) is 7.05. The zero-order valence-electron chi connectivity index (χ0n) is 26.8. The minimum absolute atomic E-state index is 0.0390. The molecule has 1 spiro atoms. The highest BCUT2D eigenvalue weighted by Crippen LogP contribution is 2.37. The number of piperidine rings is 1. The van der Waals surface area contributed by atoms with E-state index in [0.29, 0.717) is 45.7 Å². The number of aryl methyl sites for hydroxylation is 2. The summed E-state index contributed by atoms with van der Waals surface area (Å²) in [5, 5.41) is 1.31. The molecule has 3 aliphatic heterocycles. The molecule has 4 heterocycles. The third kappa shape index (κ3) is 5.58. The molecular weight excluding hydrogens is 582 g/mol. The first kappa shape index (κ1) is 30.1. The number of hydrogen-bond acceptors (Lipinski definition) is 6. The largest absolute Gasteiger partial charge is 0.342 e. The van der Waals surface area contributed by atoms with Crippen molar-refractivity contribution in [2.24, 2.45) is 16.8 Å². The summed E-state index contributed by atoms with van der Waals surface area (Å²) < 4.78 is 1.31. The van der Waals surface area contributed by atoms with Crippen LogP contribution in [0.5, 0.6) is 0 Å². The second kappa shape index (κ2) is 11.7. The average Bonchev–Trinajstić information content (AvgIpc) is 3.65. The minimum atomic E-state index is -0.833. The number of carbonyl (C=O) groups is 3. The van der Waals surface area contributed by atoms with E-state index in [2.05, 4.69) is 61.2 Å². The van der Waals surface area contributed by atoms with Gasteiger partial charge in [-0.3, -0.25) is 29.2 Å². The molecule has 0 radical (unpaired) electrons. The molecule has 0 N–H and O–H groups in total. The first-order valence-corrected chi connectivity index (χ1v) is 17.3. The molecule has 7 rings (SSSR count). The predicted molar refractivity (Wildman–Crippen MR) is 179 cm³/mol. The molecule has 3 amide bonds. The normalized spacial score (nSPS) is 20.2. The van der Waals surface area contributed by atoms with Gasteiger partial charge in [0, 0.05) is 66.2 Å². The van der Waals surface area contributed by atoms with Gasteiger partial charge in [-0.05, 0) is 73.7 Å². The second-order valence-corrected chi connectivity index (χ2v) is 14.9. The fourth-order valence-corrected chi connectivity index (χ4v) is 8.10. The molecule has 3 fully saturated rings. The molecule has 236 valence electrons. The number of amides is 3. The molecule has 1 saturated carbocycles. The Morgan fingerprint density at radius 1 is 0.911 bits per heavy atom. The van der Waals surface area contributed by atoms with Crippen LogP contribution < -0.4 is 0 Å². The fraction of sp³-hybridized carbons (Fsp3) is 0.500. The molecule has 9 heteroatoms. The van der Waals surface area contributed by atoms with Gasteiger partial charge in [-0.1, -0.05) is 44.2 Å². The SMILES string of the molecule is Cc1sc2ccc(-c3ccc(C4=NC5(CCN(C(=O)C(C)C)CC5)C(=O)N4CCN4CCN(C(=O)C5CC5)C4)cc3)cc2c1C. The maximum atomic E-state index is 14.2. The van der Waals surface area contributed by atoms with Crippen molar-refractivity contribution >= 4 is 45.0 Å². The van der Waals surface area contributed by atoms with Crippen LogP contribution in [0, 0.1) is 25.7 Å². The minimum Gasteiger partial charge on any atom is -0.342 e. The van der Waals surface area contributed by atoms with Crippen molar-refractivity contribution in [3.8, 4) is 11.1 Å². The number of fused-ring (bicyclic) bond motifs is 1. The van der Waals surface area contributed by atoms with Crippen molar-refractivity contribution in [3.05, 3.63) is 58.5 Å². The lowest BCUT2D eigenvalue weighted by atomic mass is 9.87. The van der Waals surface area contributed by atoms with E-state index in [0.717, 1.165) is 42.9 Å². The number of aliphatic imine (C=N–C) groups is 1. The molecule has 0 atom stereocenters. The van der Waals surface area contributed by atoms with E-state index >= 15 is 0 Å². The van der Waals surface area contributed by atoms with Crippen LogP contribution in [0.15, 0.2) is 47.5 Å². The van der Waals surface area contributed by atoms with Gasteiger partial charge >= 0.3 is 0 Å². The molecule has 8 nitrogen and oxygen atoms in total. The number of rotatable bonds is 7. The summed E-state index contributed by atoms with van der Waals surface area (Å²) in [5.41, 5.74) is 3.75. The van der Waals surface area contributed by atoms with E-state index in [-0.39, 0.29) is 29.6 Å². The average molecular weight is 626 g/mol. The standard InChI is InChI=1S/C36H43N5O3S/c1-23(2)33(42)39-15-13-36(14-16-39)35(44)41(20-18-38-17-19-40(22-38)34(43)28-9-10-28)32(37-36)27-7-5-26(6-8-27)29-11-12-31-30(21-29)24(3)25(4)45-31/h5-8,11-12,21,23,28H,9-10,13-20,22H2,1-4H3. The lowest BCUT2D eigenvalue weighted by Gasteiger charge is -2.37. The molecule has 1 aromatic heterocycles. The van der Waals surface area contributed by atoms with Gasteiger partial charge in [-0.15, -0.1) is 11.3 Å². The van der Waals surface area contributed by atoms with Crippen LogP contribution in [-0.4, -0.2) is 94.6 Å². The number of benzene rings is 2. The summed E-state index contributed by atoms with van der Waals surface area (Å²) >= 11 is 1.84. The number of nitrogens with zero attached hydrogens (tertiary/aromatic N) is 5. The van der Waals surface area contributed by atoms with Crippen molar-refractivity contribution < 1.29 is 14.4 Å². The topological polar surface area (TPSA) is 76.5 Å². The summed E-state index contributed by atoms with van der Waals surface area (Å²) in [6.07, 6.45) is 3.10. The van der Waals surface area contributed by atoms with Crippen molar-refractivity contribution in [2.45, 2.75) is 58.9 Å². The Morgan fingerprint density at radius 2 is 1.60 bits per heavy atom. The molecule has 0 bridgehead atoms. The van der Waals surface area contributed by atoms with Gasteiger partial charge in [0.1, 0.15) is 11.4 Å². The Kier molecular flexibility index (Phi) is 7.80. The van der Waals surface area contributed by atoms with Crippen LogP contribution in [-0.2, 0) is 14.4 Å². The summed E-state index contributed by atoms with van der Waals surface area (Å²) in [5.74, 6) is 1.34. The Labute approximate surface area is 269 Å². The van der Waals surface area contributed by atoms with Crippen LogP contribution in [0.4, 0.5) is 0 Å². The lowest BCUT2D eigenvalue weighted by Crippen LogP contribution is -2.52. The predicted octanol–water partition coefficient (Wildman–Crippen LogP) is 5.30. The Morgan fingerprint density at radius 3 is 2.29 bits per heavy atom. The second-order valence-electron chi connectivity index (χ2n) is 13.6. The first-order chi connectivity index (χ1) is 21.6. The summed E-state index contributed by atoms with van der Waals surface area (Å²) in [6.45, 7) is 12.7. The van der Waals surface area contributed by atoms with E-state index in [1.54, 1.807) is 0 Å². The number of hydrogen-bond donors (Lipinski definition) is 0. The highest BCUT2D eigenvalue weighted by atomic mass is 32.1. The number of amidine groups is 1. The quantitative estimate of drug-likeness (QED) is 0.357. The maximum Gasteiger partial charge on any atom is 0.256 e. The lowest BCUT2D eigenvalue weighted by molar-refractivity contribution is -0.140. The van der Waals surface area contributed by atoms with Crippen molar-refractivity contribution in [3.63, 3.8) is 0 Å². The van der Waals surface area contributed by atoms with E-state index in [4.69, 9.17) is 4.99 Å². The van der Waals surface area contributed by atoms with Gasteiger partial charge < -0.3 is 9.80 Å². The van der Waals surface area contributed by atoms with E-state index in [1.807, 2.05) is 39.9 Å². The number of thiophene rings is 1. The van der Waals surface area contributed by atoms with Gasteiger partial charge in [0.05, 0.1) is 6.67 Å². The summed E-state index contributed by atoms with van der Waals surface area (Å²) in [4.78, 5) is 54.1. The van der Waals surface area contributed by atoms with Gasteiger partial charge in [-0.25, -0.2) is 0 Å². The van der Waals surface area contributed by atoms with E-state index in [9.17, 15) is 14.4 Å². The molecule has 1 aliphatic carbocycles. The van der Waals surface area contributed by atoms with Gasteiger partial charge in [0.2, 0.25) is 11.8 Å². The van der Waals surface area contributed by atoms with Crippen LogP contribution >= 0.6 is 11.3 Å². The maximum absolute atomic E-state index is 14.2. The van der Waals surface area contributed by atoms with Crippen molar-refractivity contribution in [1.82, 2.24) is 19.6 Å². The third-order valence-corrected chi connectivity index (χ3v) is 11.4. The first-order valence-electron chi connectivity index (χ1n) is 16.5. The van der Waals surface area contributed by atoms with Crippen molar-refractivity contribution in [2.75, 3.05) is 45.9 Å². The van der Waals surface area contributed by atoms with Gasteiger partial charge in [0.25, 0.3) is 5.91 Å². The molecule has 2 saturated heterocycles. The van der Waals surface area contributed by atoms with Crippen LogP contribution in [0.3, 0.4) is 0 Å². The Hall–Kier alpha value is -3.56. The van der Waals surface area contributed by atoms with E-state index < -0.39 is 5.54 Å². The molecule has 2 aromatic carbocycles.